The van der Waals surface area contributed by atoms with Crippen molar-refractivity contribution in [3.63, 3.8) is 0 Å². The van der Waals surface area contributed by atoms with Crippen molar-refractivity contribution in [3.05, 3.63) is 39.6 Å². The molecule has 2 aromatic rings. The van der Waals surface area contributed by atoms with Crippen LogP contribution in [0.5, 0.6) is 5.88 Å². The SMILES string of the molecule is COc1ncc([C@@](C)(N=[N+]=[N-])C2CC2)c2cc(Cl)ncc12. The Morgan fingerprint density at radius 2 is 2.14 bits per heavy atom. The van der Waals surface area contributed by atoms with Crippen molar-refractivity contribution in [3.8, 4) is 5.88 Å². The van der Waals surface area contributed by atoms with Crippen molar-refractivity contribution < 1.29 is 4.74 Å². The fourth-order valence-electron chi connectivity index (χ4n) is 2.75. The summed E-state index contributed by atoms with van der Waals surface area (Å²) < 4.78 is 5.27. The fourth-order valence-corrected chi connectivity index (χ4v) is 2.90. The third-order valence-electron chi connectivity index (χ3n) is 4.07. The van der Waals surface area contributed by atoms with Gasteiger partial charge in [-0.1, -0.05) is 16.7 Å². The first-order chi connectivity index (χ1) is 10.1. The third kappa shape index (κ3) is 2.26. The topological polar surface area (TPSA) is 83.8 Å². The van der Waals surface area contributed by atoms with E-state index in [-0.39, 0.29) is 0 Å². The van der Waals surface area contributed by atoms with E-state index in [4.69, 9.17) is 21.9 Å². The van der Waals surface area contributed by atoms with Crippen molar-refractivity contribution >= 4 is 22.4 Å². The largest absolute Gasteiger partial charge is 0.481 e. The predicted octanol–water partition coefficient (Wildman–Crippen LogP) is 4.23. The maximum absolute atomic E-state index is 8.94. The van der Waals surface area contributed by atoms with Crippen LogP contribution in [0.2, 0.25) is 5.15 Å². The summed E-state index contributed by atoms with van der Waals surface area (Å²) in [5, 5.41) is 6.07. The summed E-state index contributed by atoms with van der Waals surface area (Å²) in [4.78, 5) is 11.4. The quantitative estimate of drug-likeness (QED) is 0.367. The minimum absolute atomic E-state index is 0.332. The van der Waals surface area contributed by atoms with Gasteiger partial charge < -0.3 is 4.74 Å². The van der Waals surface area contributed by atoms with Gasteiger partial charge in [0, 0.05) is 17.3 Å². The van der Waals surface area contributed by atoms with Crippen LogP contribution < -0.4 is 4.74 Å². The lowest BCUT2D eigenvalue weighted by atomic mass is 9.86. The molecule has 0 aromatic carbocycles. The number of nitrogens with zero attached hydrogens (tertiary/aromatic N) is 5. The van der Waals surface area contributed by atoms with Crippen LogP contribution in [0.25, 0.3) is 21.2 Å². The van der Waals surface area contributed by atoms with Crippen LogP contribution in [-0.2, 0) is 5.54 Å². The Kier molecular flexibility index (Phi) is 3.35. The Balaban J connectivity index is 2.32. The van der Waals surface area contributed by atoms with Gasteiger partial charge >= 0.3 is 0 Å². The van der Waals surface area contributed by atoms with Gasteiger partial charge in [0.15, 0.2) is 0 Å². The highest BCUT2D eigenvalue weighted by Crippen LogP contribution is 2.50. The average Bonchev–Trinajstić information content (AvgIpc) is 3.31. The van der Waals surface area contributed by atoms with Crippen LogP contribution in [0, 0.1) is 5.92 Å². The van der Waals surface area contributed by atoms with Gasteiger partial charge in [-0.05, 0) is 48.2 Å². The van der Waals surface area contributed by atoms with E-state index < -0.39 is 5.54 Å². The molecule has 7 heteroatoms. The maximum atomic E-state index is 8.94. The molecule has 1 fully saturated rings. The Bertz CT molecular complexity index is 754. The molecule has 6 nitrogen and oxygen atoms in total. The number of methoxy groups -OCH3 is 1. The molecule has 0 amide bonds. The zero-order chi connectivity index (χ0) is 15.0. The number of ether oxygens (including phenoxy) is 1. The highest BCUT2D eigenvalue weighted by Gasteiger charge is 2.43. The highest BCUT2D eigenvalue weighted by molar-refractivity contribution is 6.30. The summed E-state index contributed by atoms with van der Waals surface area (Å²) in [5.41, 5.74) is 9.18. The second-order valence-corrected chi connectivity index (χ2v) is 5.73. The van der Waals surface area contributed by atoms with Crippen LogP contribution >= 0.6 is 11.6 Å². The smallest absolute Gasteiger partial charge is 0.222 e. The third-order valence-corrected chi connectivity index (χ3v) is 4.27. The van der Waals surface area contributed by atoms with Crippen LogP contribution in [0.3, 0.4) is 0 Å². The van der Waals surface area contributed by atoms with Crippen molar-refractivity contribution in [2.75, 3.05) is 7.11 Å². The van der Waals surface area contributed by atoms with Crippen LogP contribution in [0.4, 0.5) is 0 Å². The molecule has 0 spiro atoms. The summed E-state index contributed by atoms with van der Waals surface area (Å²) in [6, 6.07) is 1.77. The van der Waals surface area contributed by atoms with E-state index >= 15 is 0 Å². The summed E-state index contributed by atoms with van der Waals surface area (Å²) in [5.74, 6) is 0.815. The predicted molar refractivity (Wildman–Crippen MR) is 80.3 cm³/mol. The molecule has 3 rings (SSSR count). The molecule has 2 heterocycles. The van der Waals surface area contributed by atoms with E-state index in [1.807, 2.05) is 6.92 Å². The molecule has 0 bridgehead atoms. The van der Waals surface area contributed by atoms with E-state index in [0.29, 0.717) is 17.0 Å². The normalized spacial score (nSPS) is 17.1. The molecule has 1 atom stereocenters. The number of azide groups is 1. The summed E-state index contributed by atoms with van der Waals surface area (Å²) >= 11 is 6.03. The second-order valence-electron chi connectivity index (χ2n) is 5.35. The van der Waals surface area contributed by atoms with Crippen molar-refractivity contribution in [1.82, 2.24) is 9.97 Å². The molecule has 0 radical (unpaired) electrons. The van der Waals surface area contributed by atoms with E-state index in [2.05, 4.69) is 20.0 Å². The van der Waals surface area contributed by atoms with Gasteiger partial charge in [0.05, 0.1) is 18.0 Å². The van der Waals surface area contributed by atoms with Crippen molar-refractivity contribution in [1.29, 1.82) is 0 Å². The molecule has 1 aliphatic carbocycles. The number of aromatic nitrogens is 2. The molecule has 21 heavy (non-hydrogen) atoms. The molecule has 0 saturated heterocycles. The van der Waals surface area contributed by atoms with Gasteiger partial charge in [-0.3, -0.25) is 0 Å². The summed E-state index contributed by atoms with van der Waals surface area (Å²) in [7, 11) is 1.56. The first kappa shape index (κ1) is 13.9. The van der Waals surface area contributed by atoms with Crippen LogP contribution in [-0.4, -0.2) is 17.1 Å². The molecule has 0 unspecified atom stereocenters. The van der Waals surface area contributed by atoms with Crippen molar-refractivity contribution in [2.24, 2.45) is 11.0 Å². The van der Waals surface area contributed by atoms with E-state index in [1.54, 1.807) is 25.6 Å². The minimum Gasteiger partial charge on any atom is -0.481 e. The Labute approximate surface area is 126 Å². The van der Waals surface area contributed by atoms with Gasteiger partial charge in [-0.2, -0.15) is 0 Å². The first-order valence-electron chi connectivity index (χ1n) is 6.65. The molecule has 0 aliphatic heterocycles. The zero-order valence-electron chi connectivity index (χ0n) is 11.7. The molecule has 2 aromatic heterocycles. The van der Waals surface area contributed by atoms with Gasteiger partial charge in [0.25, 0.3) is 0 Å². The molecule has 108 valence electrons. The molecule has 0 N–H and O–H groups in total. The summed E-state index contributed by atoms with van der Waals surface area (Å²) in [6.45, 7) is 1.95. The van der Waals surface area contributed by atoms with E-state index in [1.165, 1.54) is 0 Å². The monoisotopic (exact) mass is 303 g/mol. The lowest BCUT2D eigenvalue weighted by Gasteiger charge is -2.25. The van der Waals surface area contributed by atoms with Crippen LogP contribution in [0.15, 0.2) is 23.6 Å². The van der Waals surface area contributed by atoms with Gasteiger partial charge in [0.2, 0.25) is 5.88 Å². The number of halogens is 1. The molecular formula is C14H14ClN5O. The van der Waals surface area contributed by atoms with E-state index in [9.17, 15) is 0 Å². The number of fused-ring (bicyclic) bond motifs is 1. The first-order valence-corrected chi connectivity index (χ1v) is 7.03. The van der Waals surface area contributed by atoms with Gasteiger partial charge in [0.1, 0.15) is 5.15 Å². The number of pyridine rings is 2. The maximum Gasteiger partial charge on any atom is 0.222 e. The molecule has 1 aliphatic rings. The number of rotatable bonds is 4. The number of hydrogen-bond donors (Lipinski definition) is 0. The second kappa shape index (κ2) is 5.06. The average molecular weight is 304 g/mol. The van der Waals surface area contributed by atoms with Gasteiger partial charge in [-0.15, -0.1) is 0 Å². The van der Waals surface area contributed by atoms with E-state index in [0.717, 1.165) is 29.2 Å². The standard InChI is InChI=1S/C14H14ClN5O/c1-14(19-20-16,8-3-4-8)11-7-18-13(21-2)10-6-17-12(15)5-9(10)11/h5-8H,3-4H2,1-2H3/t14-/m0/s1. The Hall–Kier alpha value is -2.04. The fraction of sp³-hybridized carbons (Fsp3) is 0.429. The Morgan fingerprint density at radius 1 is 1.38 bits per heavy atom. The lowest BCUT2D eigenvalue weighted by Crippen LogP contribution is -2.22. The van der Waals surface area contributed by atoms with Crippen molar-refractivity contribution in [2.45, 2.75) is 25.3 Å². The highest BCUT2D eigenvalue weighted by atomic mass is 35.5. The lowest BCUT2D eigenvalue weighted by molar-refractivity contribution is 0.398. The molecule has 1 saturated carbocycles. The zero-order valence-corrected chi connectivity index (χ0v) is 12.5. The minimum atomic E-state index is -0.628. The molecular weight excluding hydrogens is 290 g/mol. The van der Waals surface area contributed by atoms with Gasteiger partial charge in [-0.25, -0.2) is 9.97 Å². The van der Waals surface area contributed by atoms with Crippen LogP contribution in [0.1, 0.15) is 25.3 Å². The Morgan fingerprint density at radius 3 is 2.76 bits per heavy atom. The number of hydrogen-bond acceptors (Lipinski definition) is 4. The summed E-state index contributed by atoms with van der Waals surface area (Å²) in [6.07, 6.45) is 5.44.